The lowest BCUT2D eigenvalue weighted by Gasteiger charge is -2.33. The number of aliphatic hydroxyl groups excluding tert-OH is 1. The van der Waals surface area contributed by atoms with Crippen LogP contribution in [0, 0.1) is 0 Å². The molecule has 17 heavy (non-hydrogen) atoms. The summed E-state index contributed by atoms with van der Waals surface area (Å²) < 4.78 is 5.35. The lowest BCUT2D eigenvalue weighted by molar-refractivity contribution is 0.0819. The van der Waals surface area contributed by atoms with Crippen LogP contribution in [0.5, 0.6) is 0 Å². The van der Waals surface area contributed by atoms with Crippen molar-refractivity contribution in [2.24, 2.45) is 0 Å². The highest BCUT2D eigenvalue weighted by Crippen LogP contribution is 2.26. The lowest BCUT2D eigenvalue weighted by atomic mass is 10.1. The molecule has 1 N–H and O–H groups in total. The highest BCUT2D eigenvalue weighted by Gasteiger charge is 2.19. The molecule has 4 heteroatoms. The van der Waals surface area contributed by atoms with E-state index < -0.39 is 0 Å². The van der Waals surface area contributed by atoms with Crippen LogP contribution in [0.15, 0.2) is 18.2 Å². The highest BCUT2D eigenvalue weighted by atomic mass is 35.5. The first-order chi connectivity index (χ1) is 8.24. The topological polar surface area (TPSA) is 32.7 Å². The third-order valence-corrected chi connectivity index (χ3v) is 3.70. The van der Waals surface area contributed by atoms with Crippen molar-refractivity contribution in [2.45, 2.75) is 25.6 Å². The largest absolute Gasteiger partial charge is 0.392 e. The fraction of sp³-hybridized carbons (Fsp3) is 0.538. The standard InChI is InChI=1S/C13H18ClNO2/c1-17-12-4-6-15(7-5-12)11-3-2-10(9-16)13(14)8-11/h2-3,8,12,16H,4-7,9H2,1H3. The molecule has 0 saturated carbocycles. The van der Waals surface area contributed by atoms with E-state index in [0.717, 1.165) is 37.2 Å². The van der Waals surface area contributed by atoms with Gasteiger partial charge in [-0.3, -0.25) is 0 Å². The average Bonchev–Trinajstić information content (AvgIpc) is 2.39. The molecule has 94 valence electrons. The molecule has 0 unspecified atom stereocenters. The molecule has 0 atom stereocenters. The van der Waals surface area contributed by atoms with Crippen molar-refractivity contribution < 1.29 is 9.84 Å². The van der Waals surface area contributed by atoms with Crippen molar-refractivity contribution in [3.8, 4) is 0 Å². The van der Waals surface area contributed by atoms with Crippen molar-refractivity contribution in [3.63, 3.8) is 0 Å². The number of ether oxygens (including phenoxy) is 1. The zero-order valence-corrected chi connectivity index (χ0v) is 10.8. The summed E-state index contributed by atoms with van der Waals surface area (Å²) in [5.41, 5.74) is 1.91. The predicted octanol–water partition coefficient (Wildman–Crippen LogP) is 2.45. The number of nitrogens with zero attached hydrogens (tertiary/aromatic N) is 1. The van der Waals surface area contributed by atoms with Crippen molar-refractivity contribution >= 4 is 17.3 Å². The second-order valence-corrected chi connectivity index (χ2v) is 4.76. The van der Waals surface area contributed by atoms with E-state index in [-0.39, 0.29) is 6.61 Å². The minimum Gasteiger partial charge on any atom is -0.392 e. The number of rotatable bonds is 3. The van der Waals surface area contributed by atoms with Gasteiger partial charge in [0.1, 0.15) is 0 Å². The highest BCUT2D eigenvalue weighted by molar-refractivity contribution is 6.31. The number of aliphatic hydroxyl groups is 1. The Bertz CT molecular complexity index is 376. The molecule has 1 fully saturated rings. The molecule has 0 spiro atoms. The first kappa shape index (κ1) is 12.7. The van der Waals surface area contributed by atoms with E-state index >= 15 is 0 Å². The van der Waals surface area contributed by atoms with Gasteiger partial charge in [-0.2, -0.15) is 0 Å². The van der Waals surface area contributed by atoms with Gasteiger partial charge in [-0.05, 0) is 30.5 Å². The molecule has 1 aliphatic rings. The van der Waals surface area contributed by atoms with Crippen LogP contribution < -0.4 is 4.90 Å². The van der Waals surface area contributed by atoms with E-state index in [4.69, 9.17) is 21.4 Å². The van der Waals surface area contributed by atoms with Crippen LogP contribution in [0.1, 0.15) is 18.4 Å². The third-order valence-electron chi connectivity index (χ3n) is 3.35. The second-order valence-electron chi connectivity index (χ2n) is 4.36. The van der Waals surface area contributed by atoms with Gasteiger partial charge < -0.3 is 14.7 Å². The van der Waals surface area contributed by atoms with Gasteiger partial charge in [-0.15, -0.1) is 0 Å². The van der Waals surface area contributed by atoms with Crippen molar-refractivity contribution in [1.29, 1.82) is 0 Å². The molecule has 2 rings (SSSR count). The summed E-state index contributed by atoms with van der Waals surface area (Å²) in [5.74, 6) is 0. The van der Waals surface area contributed by atoms with Gasteiger partial charge in [0.05, 0.1) is 12.7 Å². The normalized spacial score (nSPS) is 17.5. The van der Waals surface area contributed by atoms with Crippen LogP contribution in [-0.2, 0) is 11.3 Å². The molecule has 0 aromatic heterocycles. The number of methoxy groups -OCH3 is 1. The van der Waals surface area contributed by atoms with Gasteiger partial charge >= 0.3 is 0 Å². The van der Waals surface area contributed by atoms with Gasteiger partial charge in [0.25, 0.3) is 0 Å². The number of halogens is 1. The van der Waals surface area contributed by atoms with E-state index in [1.54, 1.807) is 7.11 Å². The molecule has 1 aromatic rings. The van der Waals surface area contributed by atoms with E-state index in [2.05, 4.69) is 4.90 Å². The van der Waals surface area contributed by atoms with Crippen LogP contribution in [0.3, 0.4) is 0 Å². The number of anilines is 1. The first-order valence-electron chi connectivity index (χ1n) is 5.91. The molecule has 1 aromatic carbocycles. The molecule has 0 radical (unpaired) electrons. The monoisotopic (exact) mass is 255 g/mol. The predicted molar refractivity (Wildman–Crippen MR) is 69.6 cm³/mol. The van der Waals surface area contributed by atoms with Crippen molar-refractivity contribution in [1.82, 2.24) is 0 Å². The zero-order chi connectivity index (χ0) is 12.3. The Morgan fingerprint density at radius 2 is 2.12 bits per heavy atom. The zero-order valence-electron chi connectivity index (χ0n) is 10.0. The Morgan fingerprint density at radius 1 is 1.41 bits per heavy atom. The molecule has 0 bridgehead atoms. The smallest absolute Gasteiger partial charge is 0.0696 e. The minimum absolute atomic E-state index is 0.00907. The summed E-state index contributed by atoms with van der Waals surface area (Å²) in [7, 11) is 1.77. The van der Waals surface area contributed by atoms with Gasteiger partial charge in [0.2, 0.25) is 0 Å². The number of piperidine rings is 1. The van der Waals surface area contributed by atoms with Gasteiger partial charge in [-0.1, -0.05) is 17.7 Å². The molecule has 3 nitrogen and oxygen atoms in total. The summed E-state index contributed by atoms with van der Waals surface area (Å²) in [6.45, 7) is 1.98. The van der Waals surface area contributed by atoms with Crippen molar-refractivity contribution in [3.05, 3.63) is 28.8 Å². The Morgan fingerprint density at radius 3 is 2.65 bits per heavy atom. The van der Waals surface area contributed by atoms with Crippen LogP contribution in [-0.4, -0.2) is 31.4 Å². The number of hydrogen-bond acceptors (Lipinski definition) is 3. The number of hydrogen-bond donors (Lipinski definition) is 1. The van der Waals surface area contributed by atoms with Crippen LogP contribution in [0.2, 0.25) is 5.02 Å². The molecule has 0 aliphatic carbocycles. The van der Waals surface area contributed by atoms with E-state index in [0.29, 0.717) is 11.1 Å². The van der Waals surface area contributed by atoms with Gasteiger partial charge in [0.15, 0.2) is 0 Å². The number of benzene rings is 1. The van der Waals surface area contributed by atoms with Crippen LogP contribution >= 0.6 is 11.6 Å². The lowest BCUT2D eigenvalue weighted by Crippen LogP contribution is -2.36. The van der Waals surface area contributed by atoms with Crippen LogP contribution in [0.25, 0.3) is 0 Å². The Kier molecular flexibility index (Phi) is 4.26. The third kappa shape index (κ3) is 2.92. The van der Waals surface area contributed by atoms with E-state index in [1.165, 1.54) is 0 Å². The molecular weight excluding hydrogens is 238 g/mol. The summed E-state index contributed by atoms with van der Waals surface area (Å²) in [6, 6.07) is 5.84. The van der Waals surface area contributed by atoms with Gasteiger partial charge in [-0.25, -0.2) is 0 Å². The molecule has 1 heterocycles. The summed E-state index contributed by atoms with van der Waals surface area (Å²) in [5, 5.41) is 9.71. The quantitative estimate of drug-likeness (QED) is 0.901. The van der Waals surface area contributed by atoms with Crippen LogP contribution in [0.4, 0.5) is 5.69 Å². The summed E-state index contributed by atoms with van der Waals surface area (Å²) >= 11 is 6.09. The first-order valence-corrected chi connectivity index (χ1v) is 6.29. The fourth-order valence-corrected chi connectivity index (χ4v) is 2.45. The molecule has 1 aliphatic heterocycles. The maximum Gasteiger partial charge on any atom is 0.0696 e. The maximum atomic E-state index is 9.07. The maximum absolute atomic E-state index is 9.07. The SMILES string of the molecule is COC1CCN(c2ccc(CO)c(Cl)c2)CC1. The minimum atomic E-state index is -0.00907. The Labute approximate surface area is 107 Å². The van der Waals surface area contributed by atoms with Gasteiger partial charge in [0, 0.05) is 30.9 Å². The van der Waals surface area contributed by atoms with Crippen molar-refractivity contribution in [2.75, 3.05) is 25.1 Å². The molecular formula is C13H18ClNO2. The Hall–Kier alpha value is -0.770. The molecule has 1 saturated heterocycles. The second kappa shape index (κ2) is 5.71. The average molecular weight is 256 g/mol. The summed E-state index contributed by atoms with van der Waals surface area (Å²) in [6.07, 6.45) is 2.49. The fourth-order valence-electron chi connectivity index (χ4n) is 2.21. The summed E-state index contributed by atoms with van der Waals surface area (Å²) in [4.78, 5) is 2.31. The Balaban J connectivity index is 2.06. The van der Waals surface area contributed by atoms with E-state index in [9.17, 15) is 0 Å². The molecule has 0 amide bonds. The van der Waals surface area contributed by atoms with E-state index in [1.807, 2.05) is 18.2 Å².